The third-order valence-electron chi connectivity index (χ3n) is 6.03. The van der Waals surface area contributed by atoms with Crippen LogP contribution >= 0.6 is 0 Å². The summed E-state index contributed by atoms with van der Waals surface area (Å²) in [5.74, 6) is 1.57. The molecule has 0 bridgehead atoms. The first-order valence-corrected chi connectivity index (χ1v) is 10.3. The van der Waals surface area contributed by atoms with Gasteiger partial charge in [-0.25, -0.2) is 4.98 Å². The Labute approximate surface area is 178 Å². The van der Waals surface area contributed by atoms with Crippen LogP contribution in [0.5, 0.6) is 0 Å². The molecule has 0 aromatic carbocycles. The predicted octanol–water partition coefficient (Wildman–Crippen LogP) is 1.42. The number of amides is 1. The number of aryl methyl sites for hydroxylation is 2. The van der Waals surface area contributed by atoms with Crippen molar-refractivity contribution in [2.75, 3.05) is 0 Å². The van der Waals surface area contributed by atoms with Crippen molar-refractivity contribution in [1.29, 1.82) is 0 Å². The van der Waals surface area contributed by atoms with Gasteiger partial charge in [0.15, 0.2) is 0 Å². The molecule has 2 N–H and O–H groups in total. The van der Waals surface area contributed by atoms with Gasteiger partial charge in [-0.2, -0.15) is 5.10 Å². The van der Waals surface area contributed by atoms with Crippen LogP contribution < -0.4 is 10.6 Å². The van der Waals surface area contributed by atoms with Crippen LogP contribution in [0.15, 0.2) is 18.5 Å². The number of nitrogens with one attached hydrogen (secondary N) is 2. The van der Waals surface area contributed by atoms with Crippen LogP contribution in [-0.2, 0) is 18.9 Å². The van der Waals surface area contributed by atoms with Crippen LogP contribution in [-0.4, -0.2) is 53.0 Å². The first-order chi connectivity index (χ1) is 14.2. The van der Waals surface area contributed by atoms with Crippen molar-refractivity contribution >= 4 is 27.4 Å². The summed E-state index contributed by atoms with van der Waals surface area (Å²) in [6, 6.07) is 0.416. The predicted molar refractivity (Wildman–Crippen MR) is 114 cm³/mol. The minimum atomic E-state index is -2.45. The number of hydrogen-bond acceptors (Lipinski definition) is 4. The average molecular weight is 406 g/mol. The molecule has 3 heterocycles. The summed E-state index contributed by atoms with van der Waals surface area (Å²) in [4.78, 5) is 16.8. The minimum Gasteiger partial charge on any atom is -0.369 e. The molecule has 0 spiro atoms. The van der Waals surface area contributed by atoms with Crippen LogP contribution in [0.25, 0.3) is 5.82 Å². The molecular weight excluding hydrogens is 381 g/mol. The number of allylic oxidation sites excluding steroid dienone is 1. The van der Waals surface area contributed by atoms with Gasteiger partial charge in [-0.15, -0.1) is 0 Å². The molecule has 7 nitrogen and oxygen atoms in total. The van der Waals surface area contributed by atoms with E-state index in [0.717, 1.165) is 49.4 Å². The van der Waals surface area contributed by atoms with Crippen molar-refractivity contribution in [3.05, 3.63) is 41.2 Å². The summed E-state index contributed by atoms with van der Waals surface area (Å²) in [6.07, 6.45) is 10.4. The van der Waals surface area contributed by atoms with Gasteiger partial charge in [0, 0.05) is 37.4 Å². The molecule has 2 aromatic rings. The van der Waals surface area contributed by atoms with Gasteiger partial charge in [-0.1, -0.05) is 0 Å². The fraction of sp³-hybridized carbons (Fsp3) is 0.550. The Morgan fingerprint density at radius 1 is 1.27 bits per heavy atom. The normalized spacial score (nSPS) is 21.6. The van der Waals surface area contributed by atoms with Gasteiger partial charge in [0.1, 0.15) is 27.3 Å². The van der Waals surface area contributed by atoms with Crippen molar-refractivity contribution in [2.24, 2.45) is 7.05 Å². The molecule has 1 aliphatic carbocycles. The Morgan fingerprint density at radius 3 is 2.60 bits per heavy atom. The molecule has 4 rings (SSSR count). The highest BCUT2D eigenvalue weighted by Crippen LogP contribution is 2.26. The fourth-order valence-electron chi connectivity index (χ4n) is 4.13. The van der Waals surface area contributed by atoms with Crippen molar-refractivity contribution in [3.8, 4) is 0 Å². The molecular formula is C20H25B2FN6O. The van der Waals surface area contributed by atoms with E-state index in [0.29, 0.717) is 12.0 Å². The second kappa shape index (κ2) is 7.96. The molecule has 1 aliphatic heterocycles. The molecule has 1 saturated carbocycles. The lowest BCUT2D eigenvalue weighted by molar-refractivity contribution is 0.0924. The second-order valence-corrected chi connectivity index (χ2v) is 8.24. The molecule has 0 saturated heterocycles. The molecule has 30 heavy (non-hydrogen) atoms. The molecule has 2 aromatic heterocycles. The van der Waals surface area contributed by atoms with Crippen LogP contribution in [0.4, 0.5) is 4.39 Å². The minimum absolute atomic E-state index is 0.0317. The number of carbonyl (C=O) groups is 1. The number of nitrogens with zero attached hydrogens (tertiary/aromatic N) is 4. The molecule has 1 amide bonds. The van der Waals surface area contributed by atoms with Gasteiger partial charge in [0.05, 0.1) is 22.9 Å². The summed E-state index contributed by atoms with van der Waals surface area (Å²) in [7, 11) is 12.5. The molecule has 1 fully saturated rings. The Morgan fingerprint density at radius 2 is 1.97 bits per heavy atom. The van der Waals surface area contributed by atoms with E-state index in [-0.39, 0.29) is 23.7 Å². The number of aromatic nitrogens is 4. The average Bonchev–Trinajstić information content (AvgIpc) is 3.28. The van der Waals surface area contributed by atoms with Crippen LogP contribution in [0.1, 0.15) is 59.7 Å². The summed E-state index contributed by atoms with van der Waals surface area (Å²) >= 11 is 0. The van der Waals surface area contributed by atoms with Gasteiger partial charge in [0.2, 0.25) is 0 Å². The van der Waals surface area contributed by atoms with Crippen molar-refractivity contribution in [3.63, 3.8) is 0 Å². The van der Waals surface area contributed by atoms with E-state index >= 15 is 0 Å². The van der Waals surface area contributed by atoms with E-state index in [1.54, 1.807) is 17.1 Å². The fourth-order valence-corrected chi connectivity index (χ4v) is 4.13. The lowest BCUT2D eigenvalue weighted by Crippen LogP contribution is -2.42. The number of carbonyl (C=O) groups excluding carboxylic acids is 1. The highest BCUT2D eigenvalue weighted by molar-refractivity contribution is 6.38. The van der Waals surface area contributed by atoms with Crippen molar-refractivity contribution < 1.29 is 9.18 Å². The number of imidazole rings is 1. The molecule has 0 unspecified atom stereocenters. The summed E-state index contributed by atoms with van der Waals surface area (Å²) < 4.78 is 17.4. The summed E-state index contributed by atoms with van der Waals surface area (Å²) in [5, 5.41) is 10.8. The largest absolute Gasteiger partial charge is 0.369 e. The Hall–Kier alpha value is -2.51. The van der Waals surface area contributed by atoms with Crippen molar-refractivity contribution in [1.82, 2.24) is 30.0 Å². The molecule has 2 aliphatic rings. The molecule has 154 valence electrons. The maximum atomic E-state index is 13.9. The van der Waals surface area contributed by atoms with E-state index in [4.69, 9.17) is 15.7 Å². The highest BCUT2D eigenvalue weighted by Gasteiger charge is 2.28. The Bertz CT molecular complexity index is 969. The lowest BCUT2D eigenvalue weighted by Gasteiger charge is -2.32. The standard InChI is InChI=1S/C20H25B2FN6O/c1-12-15(10-24-28(12)2)19(30)26-14-8-6-13(7-9-14)25-17-4-3-5-18-27-16(11-29(17)18)20(21,22)23/h4,10-11,13-14,25H,3,5-9H2,1-2H3,(H,26,30). The zero-order valence-corrected chi connectivity index (χ0v) is 17.4. The van der Waals surface area contributed by atoms with Gasteiger partial charge in [0.25, 0.3) is 5.91 Å². The number of alkyl halides is 1. The quantitative estimate of drug-likeness (QED) is 0.737. The van der Waals surface area contributed by atoms with Crippen molar-refractivity contribution in [2.45, 2.75) is 63.0 Å². The number of fused-ring (bicyclic) bond motifs is 1. The maximum absolute atomic E-state index is 13.9. The van der Waals surface area contributed by atoms with Crippen LogP contribution in [0, 0.1) is 6.92 Å². The zero-order chi connectivity index (χ0) is 21.5. The van der Waals surface area contributed by atoms with Gasteiger partial charge >= 0.3 is 0 Å². The third kappa shape index (κ3) is 4.18. The first kappa shape index (κ1) is 20.8. The SMILES string of the molecule is [B]C([B])(F)c1cn2c(n1)CCC=C2NC1CCC(NC(=O)c2cnn(C)c2C)CC1. The van der Waals surface area contributed by atoms with Gasteiger partial charge in [-0.05, 0) is 45.1 Å². The van der Waals surface area contributed by atoms with E-state index in [1.165, 1.54) is 0 Å². The first-order valence-electron chi connectivity index (χ1n) is 10.3. The molecule has 4 radical (unpaired) electrons. The number of hydrogen-bond donors (Lipinski definition) is 2. The number of halogens is 1. The topological polar surface area (TPSA) is 76.8 Å². The lowest BCUT2D eigenvalue weighted by atomic mass is 9.65. The van der Waals surface area contributed by atoms with Crippen LogP contribution in [0.3, 0.4) is 0 Å². The summed E-state index contributed by atoms with van der Waals surface area (Å²) in [5.41, 5.74) is -0.936. The van der Waals surface area contributed by atoms with E-state index < -0.39 is 5.47 Å². The van der Waals surface area contributed by atoms with Crippen LogP contribution in [0.2, 0.25) is 0 Å². The van der Waals surface area contributed by atoms with Gasteiger partial charge in [-0.3, -0.25) is 18.4 Å². The Balaban J connectivity index is 1.33. The second-order valence-electron chi connectivity index (χ2n) is 8.24. The third-order valence-corrected chi connectivity index (χ3v) is 6.03. The van der Waals surface area contributed by atoms with E-state index in [9.17, 15) is 9.18 Å². The number of rotatable bonds is 5. The van der Waals surface area contributed by atoms with Gasteiger partial charge < -0.3 is 10.6 Å². The highest BCUT2D eigenvalue weighted by atomic mass is 19.1. The molecule has 0 atom stereocenters. The van der Waals surface area contributed by atoms with E-state index in [1.807, 2.05) is 18.5 Å². The maximum Gasteiger partial charge on any atom is 0.254 e. The zero-order valence-electron chi connectivity index (χ0n) is 17.4. The summed E-state index contributed by atoms with van der Waals surface area (Å²) in [6.45, 7) is 1.89. The molecule has 10 heteroatoms. The Kier molecular flexibility index (Phi) is 5.51. The smallest absolute Gasteiger partial charge is 0.254 e. The van der Waals surface area contributed by atoms with E-state index in [2.05, 4.69) is 26.8 Å². The monoisotopic (exact) mass is 406 g/mol.